The summed E-state index contributed by atoms with van der Waals surface area (Å²) in [6, 6.07) is 0.911. The smallest absolute Gasteiger partial charge is 0.330 e. The molecule has 0 spiro atoms. The number of rotatable bonds is 5. The minimum Gasteiger partial charge on any atom is -0.390 e. The van der Waals surface area contributed by atoms with Gasteiger partial charge in [-0.2, -0.15) is 0 Å². The van der Waals surface area contributed by atoms with E-state index >= 15 is 0 Å². The molecule has 0 saturated heterocycles. The number of aliphatic hydroxyl groups excluding tert-OH is 2. The number of methoxy groups -OCH3 is 1. The topological polar surface area (TPSA) is 125 Å². The summed E-state index contributed by atoms with van der Waals surface area (Å²) in [6.45, 7) is -0.306. The van der Waals surface area contributed by atoms with Crippen LogP contribution >= 0.6 is 0 Å². The van der Waals surface area contributed by atoms with Crippen LogP contribution in [-0.4, -0.2) is 50.5 Å². The monoisotopic (exact) mass is 278 g/mol. The van der Waals surface area contributed by atoms with Crippen molar-refractivity contribution in [1.82, 2.24) is 9.55 Å². The van der Waals surface area contributed by atoms with Crippen molar-refractivity contribution in [1.29, 1.82) is 0 Å². The molecule has 0 unspecified atom stereocenters. The predicted molar refractivity (Wildman–Crippen MR) is 61.1 cm³/mol. The Balaban J connectivity index is 3.30. The van der Waals surface area contributed by atoms with Gasteiger partial charge in [-0.1, -0.05) is 0 Å². The number of nitrogens with zero attached hydrogens (tertiary/aromatic N) is 1. The molecule has 0 aliphatic carbocycles. The lowest BCUT2D eigenvalue weighted by Crippen LogP contribution is -2.59. The summed E-state index contributed by atoms with van der Waals surface area (Å²) in [5, 5.41) is 28.7. The van der Waals surface area contributed by atoms with Gasteiger partial charge < -0.3 is 20.1 Å². The zero-order chi connectivity index (χ0) is 14.8. The van der Waals surface area contributed by atoms with E-state index in [0.29, 0.717) is 4.57 Å². The summed E-state index contributed by atoms with van der Waals surface area (Å²) in [6.07, 6.45) is -1.39. The lowest BCUT2D eigenvalue weighted by molar-refractivity contribution is -0.275. The first kappa shape index (κ1) is 15.5. The zero-order valence-electron chi connectivity index (χ0n) is 10.3. The molecule has 9 heteroatoms. The molecule has 0 aromatic carbocycles. The van der Waals surface area contributed by atoms with Crippen LogP contribution in [-0.2, 0) is 10.5 Å². The number of aromatic amines is 1. The molecule has 1 heterocycles. The van der Waals surface area contributed by atoms with Crippen molar-refractivity contribution >= 4 is 0 Å². The third-order valence-electron chi connectivity index (χ3n) is 2.79. The molecule has 0 saturated carbocycles. The Labute approximate surface area is 106 Å². The predicted octanol–water partition coefficient (Wildman–Crippen LogP) is -2.13. The Bertz CT molecular complexity index is 547. The summed E-state index contributed by atoms with van der Waals surface area (Å²) in [7, 11) is 0.880. The van der Waals surface area contributed by atoms with Crippen LogP contribution in [0.15, 0.2) is 21.9 Å². The minimum atomic E-state index is -2.97. The maximum atomic E-state index is 14.0. The minimum absolute atomic E-state index is 0.516. The molecule has 8 nitrogen and oxygen atoms in total. The van der Waals surface area contributed by atoms with E-state index < -0.39 is 35.5 Å². The van der Waals surface area contributed by atoms with Gasteiger partial charge in [0.2, 0.25) is 0 Å². The van der Waals surface area contributed by atoms with Crippen molar-refractivity contribution in [3.63, 3.8) is 0 Å². The molecule has 0 amide bonds. The van der Waals surface area contributed by atoms with E-state index in [1.165, 1.54) is 0 Å². The molecule has 0 aliphatic rings. The van der Waals surface area contributed by atoms with Crippen LogP contribution < -0.4 is 11.2 Å². The van der Waals surface area contributed by atoms with Gasteiger partial charge in [0.25, 0.3) is 11.4 Å². The van der Waals surface area contributed by atoms with Crippen molar-refractivity contribution in [2.75, 3.05) is 13.7 Å². The van der Waals surface area contributed by atoms with E-state index in [9.17, 15) is 24.2 Å². The van der Waals surface area contributed by atoms with Gasteiger partial charge in [-0.05, 0) is 6.92 Å². The zero-order valence-corrected chi connectivity index (χ0v) is 10.3. The third-order valence-corrected chi connectivity index (χ3v) is 2.79. The van der Waals surface area contributed by atoms with Gasteiger partial charge >= 0.3 is 5.69 Å². The van der Waals surface area contributed by atoms with Crippen LogP contribution in [0.3, 0.4) is 0 Å². The highest BCUT2D eigenvalue weighted by Gasteiger charge is 2.50. The van der Waals surface area contributed by atoms with E-state index in [-0.39, 0.29) is 0 Å². The van der Waals surface area contributed by atoms with E-state index in [1.54, 1.807) is 0 Å². The normalized spacial score (nSPS) is 19.5. The molecule has 0 aliphatic heterocycles. The Morgan fingerprint density at radius 1 is 1.58 bits per heavy atom. The van der Waals surface area contributed by atoms with Crippen LogP contribution in [0.2, 0.25) is 0 Å². The second-order valence-corrected chi connectivity index (χ2v) is 4.13. The van der Waals surface area contributed by atoms with Gasteiger partial charge in [0.15, 0.2) is 11.8 Å². The van der Waals surface area contributed by atoms with Crippen molar-refractivity contribution in [3.05, 3.63) is 33.1 Å². The Kier molecular flexibility index (Phi) is 4.25. The number of nitrogens with one attached hydrogen (secondary N) is 1. The number of hydrogen-bond donors (Lipinski definition) is 4. The van der Waals surface area contributed by atoms with Crippen molar-refractivity contribution in [2.24, 2.45) is 0 Å². The number of ether oxygens (including phenoxy) is 1. The molecule has 0 radical (unpaired) electrons. The Hall–Kier alpha value is -1.55. The quantitative estimate of drug-likeness (QED) is 0.487. The second kappa shape index (κ2) is 5.21. The molecule has 0 bridgehead atoms. The molecule has 108 valence electrons. The summed E-state index contributed by atoms with van der Waals surface area (Å²) < 4.78 is 18.8. The largest absolute Gasteiger partial charge is 0.390 e. The highest BCUT2D eigenvalue weighted by Crippen LogP contribution is 2.28. The molecular weight excluding hydrogens is 263 g/mol. The van der Waals surface area contributed by atoms with Crippen LogP contribution in [0.5, 0.6) is 0 Å². The van der Waals surface area contributed by atoms with E-state index in [2.05, 4.69) is 4.74 Å². The van der Waals surface area contributed by atoms with Gasteiger partial charge in [-0.25, -0.2) is 9.18 Å². The molecule has 1 aromatic rings. The van der Waals surface area contributed by atoms with E-state index in [0.717, 1.165) is 26.3 Å². The molecule has 4 N–H and O–H groups in total. The van der Waals surface area contributed by atoms with Gasteiger partial charge in [0.1, 0.15) is 6.61 Å². The highest BCUT2D eigenvalue weighted by atomic mass is 19.2. The van der Waals surface area contributed by atoms with Crippen LogP contribution in [0.1, 0.15) is 6.92 Å². The molecule has 1 rings (SSSR count). The number of H-pyrrole nitrogens is 1. The van der Waals surface area contributed by atoms with Crippen molar-refractivity contribution < 1.29 is 24.4 Å². The SMILES string of the molecule is CO[C@](F)(CO)[C@@H](O)[C@@](C)(O)n1ccc(=O)[nH]c1=O. The van der Waals surface area contributed by atoms with E-state index in [1.807, 2.05) is 4.98 Å². The fourth-order valence-electron chi connectivity index (χ4n) is 1.58. The third kappa shape index (κ3) is 2.73. The number of aliphatic hydroxyl groups is 3. The maximum absolute atomic E-state index is 14.0. The number of aromatic nitrogens is 2. The molecule has 1 aromatic heterocycles. The second-order valence-electron chi connectivity index (χ2n) is 4.13. The molecular formula is C10H15FN2O6. The first-order chi connectivity index (χ1) is 8.69. The lowest BCUT2D eigenvalue weighted by atomic mass is 10.0. The van der Waals surface area contributed by atoms with E-state index in [4.69, 9.17) is 5.11 Å². The molecule has 3 atom stereocenters. The summed E-state index contributed by atoms with van der Waals surface area (Å²) in [5.41, 5.74) is -4.21. The fourth-order valence-corrected chi connectivity index (χ4v) is 1.58. The van der Waals surface area contributed by atoms with Crippen LogP contribution in [0.25, 0.3) is 0 Å². The maximum Gasteiger partial charge on any atom is 0.330 e. The van der Waals surface area contributed by atoms with Crippen molar-refractivity contribution in [2.45, 2.75) is 24.6 Å². The van der Waals surface area contributed by atoms with Gasteiger partial charge in [0, 0.05) is 19.4 Å². The Morgan fingerprint density at radius 3 is 2.58 bits per heavy atom. The standard InChI is InChI=1S/C10H15FN2O6/c1-9(18,7(16)10(11,5-14)19-2)13-4-3-6(15)12-8(13)17/h3-4,7,14,16,18H,5H2,1-2H3,(H,12,15,17)/t7-,9+,10+/m0/s1. The number of alkyl halides is 1. The number of hydrogen-bond acceptors (Lipinski definition) is 6. The Morgan fingerprint density at radius 2 is 2.16 bits per heavy atom. The van der Waals surface area contributed by atoms with Crippen LogP contribution in [0, 0.1) is 0 Å². The van der Waals surface area contributed by atoms with Crippen LogP contribution in [0.4, 0.5) is 4.39 Å². The summed E-state index contributed by atoms with van der Waals surface area (Å²) in [5.74, 6) is -2.97. The summed E-state index contributed by atoms with van der Waals surface area (Å²) >= 11 is 0. The first-order valence-corrected chi connectivity index (χ1v) is 5.27. The van der Waals surface area contributed by atoms with Gasteiger partial charge in [-0.3, -0.25) is 14.3 Å². The van der Waals surface area contributed by atoms with Gasteiger partial charge in [-0.15, -0.1) is 0 Å². The molecule has 0 fully saturated rings. The number of halogens is 1. The lowest BCUT2D eigenvalue weighted by Gasteiger charge is -2.37. The first-order valence-electron chi connectivity index (χ1n) is 5.27. The van der Waals surface area contributed by atoms with Gasteiger partial charge in [0.05, 0.1) is 0 Å². The summed E-state index contributed by atoms with van der Waals surface area (Å²) in [4.78, 5) is 24.2. The highest BCUT2D eigenvalue weighted by molar-refractivity contribution is 4.94. The average Bonchev–Trinajstić information content (AvgIpc) is 2.36. The molecule has 19 heavy (non-hydrogen) atoms. The van der Waals surface area contributed by atoms with Crippen molar-refractivity contribution in [3.8, 4) is 0 Å². The fraction of sp³-hybridized carbons (Fsp3) is 0.600. The average molecular weight is 278 g/mol.